The molecule has 32 heavy (non-hydrogen) atoms. The molecule has 1 atom stereocenters. The highest BCUT2D eigenvalue weighted by atomic mass is 16.5. The molecule has 4 nitrogen and oxygen atoms in total. The van der Waals surface area contributed by atoms with Crippen LogP contribution in [0.2, 0.25) is 0 Å². The molecule has 0 saturated heterocycles. The van der Waals surface area contributed by atoms with E-state index in [0.29, 0.717) is 18.4 Å². The lowest BCUT2D eigenvalue weighted by Gasteiger charge is -2.57. The van der Waals surface area contributed by atoms with Crippen molar-refractivity contribution in [3.05, 3.63) is 60.2 Å². The molecule has 0 heterocycles. The summed E-state index contributed by atoms with van der Waals surface area (Å²) in [4.78, 5) is 12.4. The highest BCUT2D eigenvalue weighted by Crippen LogP contribution is 2.61. The first-order chi connectivity index (χ1) is 15.6. The molecule has 4 fully saturated rings. The van der Waals surface area contributed by atoms with E-state index in [-0.39, 0.29) is 5.91 Å². The Hall–Kier alpha value is -2.33. The average molecular weight is 434 g/mol. The van der Waals surface area contributed by atoms with Crippen LogP contribution >= 0.6 is 0 Å². The number of hydrogen-bond acceptors (Lipinski definition) is 3. The topological polar surface area (TPSA) is 58.6 Å². The summed E-state index contributed by atoms with van der Waals surface area (Å²) < 4.78 is 5.82. The van der Waals surface area contributed by atoms with Gasteiger partial charge in [0.25, 0.3) is 0 Å². The molecule has 4 heteroatoms. The van der Waals surface area contributed by atoms with Crippen LogP contribution in [-0.4, -0.2) is 23.7 Å². The fraction of sp³-hybridized carbons (Fsp3) is 0.536. The van der Waals surface area contributed by atoms with E-state index in [1.165, 1.54) is 38.5 Å². The number of benzene rings is 2. The Morgan fingerprint density at radius 1 is 0.938 bits per heavy atom. The molecule has 0 aromatic heterocycles. The van der Waals surface area contributed by atoms with E-state index in [4.69, 9.17) is 4.74 Å². The molecule has 1 unspecified atom stereocenters. The van der Waals surface area contributed by atoms with Crippen molar-refractivity contribution in [2.45, 2.75) is 63.9 Å². The number of hydrogen-bond donors (Lipinski definition) is 2. The summed E-state index contributed by atoms with van der Waals surface area (Å²) in [6, 6.07) is 17.7. The number of rotatable bonds is 9. The maximum absolute atomic E-state index is 12.4. The van der Waals surface area contributed by atoms with E-state index < -0.39 is 6.10 Å². The normalized spacial score (nSPS) is 29.0. The number of carbonyl (C=O) groups excluding carboxylic acids is 1. The highest BCUT2D eigenvalue weighted by Gasteiger charge is 2.50. The SMILES string of the molecule is O=C(NCCc1ccc(Oc2ccccc2)cc1)C(O)CCC12CC3CC(CC(C3)C1)C2. The molecule has 4 saturated carbocycles. The summed E-state index contributed by atoms with van der Waals surface area (Å²) in [6.45, 7) is 0.534. The Morgan fingerprint density at radius 2 is 1.53 bits per heavy atom. The molecule has 0 spiro atoms. The molecule has 2 aromatic carbocycles. The van der Waals surface area contributed by atoms with Crippen molar-refractivity contribution in [3.8, 4) is 11.5 Å². The van der Waals surface area contributed by atoms with Gasteiger partial charge in [0.2, 0.25) is 5.91 Å². The fourth-order valence-electron chi connectivity index (χ4n) is 6.97. The summed E-state index contributed by atoms with van der Waals surface area (Å²) in [5, 5.41) is 13.4. The number of aliphatic hydroxyl groups excluding tert-OH is 1. The maximum Gasteiger partial charge on any atom is 0.248 e. The van der Waals surface area contributed by atoms with Crippen LogP contribution in [0.1, 0.15) is 56.9 Å². The summed E-state index contributed by atoms with van der Waals surface area (Å²) in [7, 11) is 0. The molecule has 4 aliphatic carbocycles. The predicted molar refractivity (Wildman–Crippen MR) is 126 cm³/mol. The second-order valence-corrected chi connectivity index (χ2v) is 10.6. The lowest BCUT2D eigenvalue weighted by atomic mass is 9.48. The Labute approximate surface area is 191 Å². The minimum Gasteiger partial charge on any atom is -0.457 e. The van der Waals surface area contributed by atoms with Gasteiger partial charge in [-0.15, -0.1) is 0 Å². The molecule has 2 aromatic rings. The van der Waals surface area contributed by atoms with Crippen molar-refractivity contribution in [2.24, 2.45) is 23.2 Å². The van der Waals surface area contributed by atoms with Crippen LogP contribution in [0.5, 0.6) is 11.5 Å². The lowest BCUT2D eigenvalue weighted by Crippen LogP contribution is -2.46. The Bertz CT molecular complexity index is 873. The molecule has 0 aliphatic heterocycles. The molecule has 4 aliphatic rings. The third kappa shape index (κ3) is 5.01. The van der Waals surface area contributed by atoms with E-state index in [2.05, 4.69) is 5.32 Å². The minimum absolute atomic E-state index is 0.223. The Morgan fingerprint density at radius 3 is 2.16 bits per heavy atom. The van der Waals surface area contributed by atoms with E-state index >= 15 is 0 Å². The number of ether oxygens (including phenoxy) is 1. The molecule has 1 amide bonds. The average Bonchev–Trinajstić information content (AvgIpc) is 2.78. The standard InChI is InChI=1S/C28H35NO3/c30-26(10-12-28-17-21-14-22(18-28)16-23(15-21)19-28)27(31)29-13-11-20-6-8-25(9-7-20)32-24-4-2-1-3-5-24/h1-9,21-23,26,30H,10-19H2,(H,29,31). The second kappa shape index (κ2) is 9.27. The predicted octanol–water partition coefficient (Wildman–Crippen LogP) is 5.50. The van der Waals surface area contributed by atoms with Gasteiger partial charge in [-0.2, -0.15) is 0 Å². The lowest BCUT2D eigenvalue weighted by molar-refractivity contribution is -0.130. The zero-order valence-electron chi connectivity index (χ0n) is 18.8. The maximum atomic E-state index is 12.4. The first-order valence-corrected chi connectivity index (χ1v) is 12.3. The van der Waals surface area contributed by atoms with E-state index in [0.717, 1.165) is 47.7 Å². The van der Waals surface area contributed by atoms with Gasteiger partial charge in [-0.25, -0.2) is 0 Å². The van der Waals surface area contributed by atoms with Crippen molar-refractivity contribution in [1.29, 1.82) is 0 Å². The molecule has 2 N–H and O–H groups in total. The van der Waals surface area contributed by atoms with Crippen LogP contribution in [0, 0.1) is 23.2 Å². The molecule has 4 bridgehead atoms. The molecule has 0 radical (unpaired) electrons. The third-order valence-electron chi connectivity index (χ3n) is 8.03. The van der Waals surface area contributed by atoms with Crippen molar-refractivity contribution in [2.75, 3.05) is 6.54 Å². The number of aliphatic hydroxyl groups is 1. The Balaban J connectivity index is 1.04. The quantitative estimate of drug-likeness (QED) is 0.549. The van der Waals surface area contributed by atoms with E-state index in [1.54, 1.807) is 0 Å². The van der Waals surface area contributed by atoms with E-state index in [1.807, 2.05) is 54.6 Å². The van der Waals surface area contributed by atoms with Crippen LogP contribution < -0.4 is 10.1 Å². The fourth-order valence-corrected chi connectivity index (χ4v) is 6.97. The number of nitrogens with one attached hydrogen (secondary N) is 1. The summed E-state index contributed by atoms with van der Waals surface area (Å²) in [6.07, 6.45) is 9.75. The van der Waals surface area contributed by atoms with Crippen LogP contribution in [0.25, 0.3) is 0 Å². The van der Waals surface area contributed by atoms with Gasteiger partial charge in [0.1, 0.15) is 17.6 Å². The Kier molecular flexibility index (Phi) is 6.23. The van der Waals surface area contributed by atoms with Crippen molar-refractivity contribution in [3.63, 3.8) is 0 Å². The van der Waals surface area contributed by atoms with Crippen molar-refractivity contribution in [1.82, 2.24) is 5.32 Å². The number of carbonyl (C=O) groups is 1. The highest BCUT2D eigenvalue weighted by molar-refractivity contribution is 5.80. The monoisotopic (exact) mass is 433 g/mol. The van der Waals surface area contributed by atoms with Crippen molar-refractivity contribution < 1.29 is 14.6 Å². The third-order valence-corrected chi connectivity index (χ3v) is 8.03. The van der Waals surface area contributed by atoms with Crippen LogP contribution in [0.4, 0.5) is 0 Å². The number of para-hydroxylation sites is 1. The number of amides is 1. The molecule has 170 valence electrons. The van der Waals surface area contributed by atoms with Crippen LogP contribution in [0.3, 0.4) is 0 Å². The van der Waals surface area contributed by atoms with Gasteiger partial charge in [0, 0.05) is 6.54 Å². The zero-order valence-corrected chi connectivity index (χ0v) is 18.8. The van der Waals surface area contributed by atoms with Gasteiger partial charge in [0.15, 0.2) is 0 Å². The van der Waals surface area contributed by atoms with Gasteiger partial charge in [-0.1, -0.05) is 30.3 Å². The van der Waals surface area contributed by atoms with Crippen molar-refractivity contribution >= 4 is 5.91 Å². The first kappa shape index (κ1) is 21.5. The minimum atomic E-state index is -0.885. The zero-order chi connectivity index (χ0) is 22.0. The summed E-state index contributed by atoms with van der Waals surface area (Å²) >= 11 is 0. The summed E-state index contributed by atoms with van der Waals surface area (Å²) in [5.74, 6) is 4.13. The first-order valence-electron chi connectivity index (χ1n) is 12.3. The van der Waals surface area contributed by atoms with Gasteiger partial charge < -0.3 is 15.2 Å². The van der Waals surface area contributed by atoms with Gasteiger partial charge in [-0.3, -0.25) is 4.79 Å². The van der Waals surface area contributed by atoms with Crippen LogP contribution in [0.15, 0.2) is 54.6 Å². The largest absolute Gasteiger partial charge is 0.457 e. The van der Waals surface area contributed by atoms with Gasteiger partial charge in [-0.05, 0) is 111 Å². The summed E-state index contributed by atoms with van der Waals surface area (Å²) in [5.41, 5.74) is 1.55. The van der Waals surface area contributed by atoms with Crippen LogP contribution in [-0.2, 0) is 11.2 Å². The smallest absolute Gasteiger partial charge is 0.248 e. The van der Waals surface area contributed by atoms with Gasteiger partial charge >= 0.3 is 0 Å². The molecular formula is C28H35NO3. The second-order valence-electron chi connectivity index (χ2n) is 10.6. The molecular weight excluding hydrogens is 398 g/mol. The van der Waals surface area contributed by atoms with E-state index in [9.17, 15) is 9.90 Å². The molecule has 6 rings (SSSR count). The van der Waals surface area contributed by atoms with Gasteiger partial charge in [0.05, 0.1) is 0 Å².